The Hall–Kier alpha value is -2.83. The zero-order chi connectivity index (χ0) is 19.2. The average molecular weight is 401 g/mol. The first-order valence-electron chi connectivity index (χ1n) is 8.12. The van der Waals surface area contributed by atoms with Crippen LogP contribution in [-0.4, -0.2) is 18.9 Å². The van der Waals surface area contributed by atoms with E-state index in [2.05, 4.69) is 10.6 Å². The Morgan fingerprint density at radius 3 is 2.48 bits per heavy atom. The maximum absolute atomic E-state index is 12.2. The normalized spacial score (nSPS) is 10.3. The first kappa shape index (κ1) is 18.9. The highest BCUT2D eigenvalue weighted by Crippen LogP contribution is 2.26. The fourth-order valence-corrected chi connectivity index (χ4v) is 3.27. The van der Waals surface area contributed by atoms with E-state index in [1.807, 2.05) is 35.7 Å². The Bertz CT molecular complexity index is 940. The van der Waals surface area contributed by atoms with Crippen molar-refractivity contribution in [3.8, 4) is 5.75 Å². The van der Waals surface area contributed by atoms with Crippen molar-refractivity contribution < 1.29 is 14.3 Å². The largest absolute Gasteiger partial charge is 0.497 e. The van der Waals surface area contributed by atoms with E-state index >= 15 is 0 Å². The smallest absolute Gasteiger partial charge is 0.265 e. The predicted octanol–water partition coefficient (Wildman–Crippen LogP) is 4.84. The van der Waals surface area contributed by atoms with Gasteiger partial charge in [-0.2, -0.15) is 0 Å². The number of rotatable bonds is 6. The van der Waals surface area contributed by atoms with Gasteiger partial charge in [0.1, 0.15) is 5.75 Å². The molecule has 3 rings (SSSR count). The highest BCUT2D eigenvalue weighted by Gasteiger charge is 2.11. The molecule has 0 atom stereocenters. The number of carbonyl (C=O) groups excluding carboxylic acids is 2. The van der Waals surface area contributed by atoms with Gasteiger partial charge in [0.15, 0.2) is 0 Å². The van der Waals surface area contributed by atoms with Crippen molar-refractivity contribution in [1.29, 1.82) is 0 Å². The van der Waals surface area contributed by atoms with Crippen LogP contribution < -0.4 is 15.4 Å². The number of nitrogens with one attached hydrogen (secondary N) is 2. The summed E-state index contributed by atoms with van der Waals surface area (Å²) in [5.41, 5.74) is 1.93. The number of carbonyl (C=O) groups is 2. The van der Waals surface area contributed by atoms with Crippen LogP contribution in [0.1, 0.15) is 15.2 Å². The summed E-state index contributed by atoms with van der Waals surface area (Å²) in [5.74, 6) is 0.362. The predicted molar refractivity (Wildman–Crippen MR) is 109 cm³/mol. The minimum absolute atomic E-state index is 0.161. The molecule has 0 aliphatic rings. The Morgan fingerprint density at radius 2 is 1.85 bits per heavy atom. The van der Waals surface area contributed by atoms with Gasteiger partial charge in [0, 0.05) is 5.69 Å². The molecule has 1 aromatic heterocycles. The van der Waals surface area contributed by atoms with E-state index in [4.69, 9.17) is 16.3 Å². The summed E-state index contributed by atoms with van der Waals surface area (Å²) >= 11 is 7.59. The highest BCUT2D eigenvalue weighted by atomic mass is 35.5. The van der Waals surface area contributed by atoms with Crippen molar-refractivity contribution in [1.82, 2.24) is 0 Å². The third kappa shape index (κ3) is 5.09. The van der Waals surface area contributed by atoms with Crippen molar-refractivity contribution in [2.75, 3.05) is 17.7 Å². The lowest BCUT2D eigenvalue weighted by Gasteiger charge is -2.10. The maximum Gasteiger partial charge on any atom is 0.265 e. The van der Waals surface area contributed by atoms with Gasteiger partial charge in [-0.25, -0.2) is 0 Å². The molecule has 0 aliphatic carbocycles. The Balaban J connectivity index is 1.61. The third-order valence-corrected chi connectivity index (χ3v) is 4.95. The summed E-state index contributed by atoms with van der Waals surface area (Å²) in [6.07, 6.45) is 0.235. The van der Waals surface area contributed by atoms with Crippen molar-refractivity contribution in [3.05, 3.63) is 75.4 Å². The molecule has 0 spiro atoms. The van der Waals surface area contributed by atoms with Crippen molar-refractivity contribution in [3.63, 3.8) is 0 Å². The molecule has 2 amide bonds. The molecule has 0 saturated heterocycles. The van der Waals surface area contributed by atoms with Crippen molar-refractivity contribution in [2.45, 2.75) is 6.42 Å². The quantitative estimate of drug-likeness (QED) is 0.621. The van der Waals surface area contributed by atoms with E-state index in [0.29, 0.717) is 21.3 Å². The first-order chi connectivity index (χ1) is 13.0. The first-order valence-corrected chi connectivity index (χ1v) is 9.38. The summed E-state index contributed by atoms with van der Waals surface area (Å²) in [6, 6.07) is 15.8. The second-order valence-corrected chi connectivity index (χ2v) is 7.05. The number of hydrogen-bond acceptors (Lipinski definition) is 4. The monoisotopic (exact) mass is 400 g/mol. The van der Waals surface area contributed by atoms with Crippen molar-refractivity contribution in [2.24, 2.45) is 0 Å². The maximum atomic E-state index is 12.2. The molecule has 27 heavy (non-hydrogen) atoms. The minimum Gasteiger partial charge on any atom is -0.497 e. The molecule has 138 valence electrons. The number of anilines is 2. The van der Waals surface area contributed by atoms with Crippen LogP contribution in [-0.2, 0) is 11.2 Å². The number of amides is 2. The molecular weight excluding hydrogens is 384 g/mol. The van der Waals surface area contributed by atoms with Crippen molar-refractivity contribution >= 4 is 46.1 Å². The van der Waals surface area contributed by atoms with Crippen LogP contribution in [0.15, 0.2) is 60.0 Å². The van der Waals surface area contributed by atoms with Gasteiger partial charge in [-0.3, -0.25) is 9.59 Å². The topological polar surface area (TPSA) is 67.4 Å². The van der Waals surface area contributed by atoms with Crippen LogP contribution in [0.4, 0.5) is 11.4 Å². The van der Waals surface area contributed by atoms with Crippen LogP contribution in [0.3, 0.4) is 0 Å². The van der Waals surface area contributed by atoms with Crippen LogP contribution in [0.2, 0.25) is 5.02 Å². The molecule has 0 aliphatic heterocycles. The SMILES string of the molecule is COc1ccc(CC(=O)Nc2ccc(NC(=O)c3cccs3)c(Cl)c2)cc1. The van der Waals surface area contributed by atoms with Crippen LogP contribution in [0.5, 0.6) is 5.75 Å². The molecule has 7 heteroatoms. The summed E-state index contributed by atoms with van der Waals surface area (Å²) in [7, 11) is 1.60. The highest BCUT2D eigenvalue weighted by molar-refractivity contribution is 7.12. The molecule has 0 unspecified atom stereocenters. The lowest BCUT2D eigenvalue weighted by molar-refractivity contribution is -0.115. The van der Waals surface area contributed by atoms with E-state index in [1.165, 1.54) is 11.3 Å². The zero-order valence-electron chi connectivity index (χ0n) is 14.5. The molecule has 0 bridgehead atoms. The Morgan fingerprint density at radius 1 is 1.07 bits per heavy atom. The van der Waals surface area contributed by atoms with E-state index in [1.54, 1.807) is 31.4 Å². The van der Waals surface area contributed by atoms with Gasteiger partial charge in [-0.1, -0.05) is 29.8 Å². The van der Waals surface area contributed by atoms with Gasteiger partial charge >= 0.3 is 0 Å². The molecule has 3 aromatic rings. The van der Waals surface area contributed by atoms with E-state index in [0.717, 1.165) is 11.3 Å². The molecule has 5 nitrogen and oxygen atoms in total. The standard InChI is InChI=1S/C20H17ClN2O3S/c1-26-15-7-4-13(5-8-15)11-19(24)22-14-6-9-17(16(21)12-14)23-20(25)18-3-2-10-27-18/h2-10,12H,11H2,1H3,(H,22,24)(H,23,25). The molecule has 0 fully saturated rings. The number of benzene rings is 2. The molecule has 2 N–H and O–H groups in total. The molecule has 2 aromatic carbocycles. The molecule has 0 saturated carbocycles. The second-order valence-electron chi connectivity index (χ2n) is 5.70. The molecular formula is C20H17ClN2O3S. The number of hydrogen-bond donors (Lipinski definition) is 2. The van der Waals surface area contributed by atoms with Crippen LogP contribution in [0, 0.1) is 0 Å². The number of thiophene rings is 1. The van der Waals surface area contributed by atoms with Gasteiger partial charge in [-0.15, -0.1) is 11.3 Å². The van der Waals surface area contributed by atoms with Gasteiger partial charge in [0.25, 0.3) is 5.91 Å². The number of ether oxygens (including phenoxy) is 1. The zero-order valence-corrected chi connectivity index (χ0v) is 16.1. The van der Waals surface area contributed by atoms with Gasteiger partial charge in [0.05, 0.1) is 29.1 Å². The average Bonchev–Trinajstić information content (AvgIpc) is 3.19. The second kappa shape index (κ2) is 8.70. The molecule has 0 radical (unpaired) electrons. The molecule has 1 heterocycles. The summed E-state index contributed by atoms with van der Waals surface area (Å²) in [4.78, 5) is 24.9. The van der Waals surface area contributed by atoms with E-state index < -0.39 is 0 Å². The van der Waals surface area contributed by atoms with E-state index in [-0.39, 0.29) is 18.2 Å². The Labute approximate surface area is 165 Å². The fraction of sp³-hybridized carbons (Fsp3) is 0.100. The minimum atomic E-state index is -0.219. The summed E-state index contributed by atoms with van der Waals surface area (Å²) < 4.78 is 5.10. The fourth-order valence-electron chi connectivity index (χ4n) is 2.42. The van der Waals surface area contributed by atoms with Gasteiger partial charge < -0.3 is 15.4 Å². The summed E-state index contributed by atoms with van der Waals surface area (Å²) in [5, 5.41) is 7.74. The Kier molecular flexibility index (Phi) is 6.11. The lowest BCUT2D eigenvalue weighted by Crippen LogP contribution is -2.15. The van der Waals surface area contributed by atoms with Gasteiger partial charge in [0.2, 0.25) is 5.91 Å². The van der Waals surface area contributed by atoms with Crippen LogP contribution >= 0.6 is 22.9 Å². The van der Waals surface area contributed by atoms with Crippen LogP contribution in [0.25, 0.3) is 0 Å². The van der Waals surface area contributed by atoms with Gasteiger partial charge in [-0.05, 0) is 47.3 Å². The summed E-state index contributed by atoms with van der Waals surface area (Å²) in [6.45, 7) is 0. The number of halogens is 1. The number of methoxy groups -OCH3 is 1. The third-order valence-electron chi connectivity index (χ3n) is 3.77. The lowest BCUT2D eigenvalue weighted by atomic mass is 10.1. The van der Waals surface area contributed by atoms with E-state index in [9.17, 15) is 9.59 Å².